The number of rotatable bonds is 3. The Hall–Kier alpha value is -1.95. The number of phenols is 1. The number of aromatic hydroxyl groups is 1. The molecule has 2 aromatic rings. The van der Waals surface area contributed by atoms with Crippen LogP contribution in [0, 0.1) is 5.82 Å². The Kier molecular flexibility index (Phi) is 3.57. The van der Waals surface area contributed by atoms with Crippen LogP contribution in [0.1, 0.15) is 16.1 Å². The third-order valence-electron chi connectivity index (χ3n) is 2.43. The van der Waals surface area contributed by atoms with Gasteiger partial charge in [0.05, 0.1) is 17.7 Å². The summed E-state index contributed by atoms with van der Waals surface area (Å²) in [6.45, 7) is 0.274. The van der Waals surface area contributed by atoms with Crippen molar-refractivity contribution in [2.24, 2.45) is 0 Å². The monoisotopic (exact) mass is 266 g/mol. The van der Waals surface area contributed by atoms with Crippen molar-refractivity contribution < 1.29 is 14.3 Å². The average Bonchev–Trinajstić information content (AvgIpc) is 2.81. The van der Waals surface area contributed by atoms with E-state index >= 15 is 0 Å². The number of hydrogen-bond acceptors (Lipinski definition) is 4. The minimum atomic E-state index is -0.731. The standard InChI is InChI=1S/C12H11FN2O2S/c1-15(5-8-6-18-7-14-8)12(17)11-9(13)3-2-4-10(11)16/h2-4,6-7,16H,5H2,1H3. The van der Waals surface area contributed by atoms with Crippen LogP contribution >= 0.6 is 11.3 Å². The van der Waals surface area contributed by atoms with Crippen molar-refractivity contribution in [2.45, 2.75) is 6.54 Å². The van der Waals surface area contributed by atoms with Crippen LogP contribution in [0.4, 0.5) is 4.39 Å². The molecule has 0 spiro atoms. The van der Waals surface area contributed by atoms with E-state index in [2.05, 4.69) is 4.98 Å². The summed E-state index contributed by atoms with van der Waals surface area (Å²) < 4.78 is 13.5. The highest BCUT2D eigenvalue weighted by Gasteiger charge is 2.20. The van der Waals surface area contributed by atoms with Gasteiger partial charge in [-0.3, -0.25) is 4.79 Å². The molecule has 0 aliphatic rings. The molecule has 1 amide bonds. The molecular weight excluding hydrogens is 255 g/mol. The van der Waals surface area contributed by atoms with Gasteiger partial charge in [-0.1, -0.05) is 6.07 Å². The summed E-state index contributed by atoms with van der Waals surface area (Å²) in [5.41, 5.74) is 2.08. The van der Waals surface area contributed by atoms with E-state index in [1.165, 1.54) is 35.4 Å². The maximum atomic E-state index is 13.5. The number of halogens is 1. The normalized spacial score (nSPS) is 10.3. The van der Waals surface area contributed by atoms with E-state index in [0.717, 1.165) is 11.8 Å². The number of nitrogens with zero attached hydrogens (tertiary/aromatic N) is 2. The number of amides is 1. The van der Waals surface area contributed by atoms with Gasteiger partial charge in [0.25, 0.3) is 5.91 Å². The first-order chi connectivity index (χ1) is 8.59. The fourth-order valence-corrected chi connectivity index (χ4v) is 2.10. The van der Waals surface area contributed by atoms with E-state index in [0.29, 0.717) is 0 Å². The molecule has 2 rings (SSSR count). The highest BCUT2D eigenvalue weighted by Crippen LogP contribution is 2.21. The van der Waals surface area contributed by atoms with Gasteiger partial charge in [0.1, 0.15) is 17.1 Å². The molecule has 0 saturated heterocycles. The zero-order valence-electron chi connectivity index (χ0n) is 9.63. The maximum Gasteiger partial charge on any atom is 0.260 e. The van der Waals surface area contributed by atoms with Gasteiger partial charge in [0, 0.05) is 12.4 Å². The van der Waals surface area contributed by atoms with Gasteiger partial charge in [-0.15, -0.1) is 11.3 Å². The molecule has 0 unspecified atom stereocenters. The van der Waals surface area contributed by atoms with Crippen molar-refractivity contribution in [1.82, 2.24) is 9.88 Å². The Morgan fingerprint density at radius 2 is 2.33 bits per heavy atom. The van der Waals surface area contributed by atoms with E-state index in [4.69, 9.17) is 0 Å². The lowest BCUT2D eigenvalue weighted by molar-refractivity contribution is 0.0775. The molecule has 1 aromatic carbocycles. The maximum absolute atomic E-state index is 13.5. The molecule has 1 heterocycles. The minimum Gasteiger partial charge on any atom is -0.507 e. The molecule has 0 aliphatic carbocycles. The molecule has 0 bridgehead atoms. The Morgan fingerprint density at radius 3 is 2.94 bits per heavy atom. The predicted molar refractivity (Wildman–Crippen MR) is 66.0 cm³/mol. The zero-order valence-corrected chi connectivity index (χ0v) is 10.4. The summed E-state index contributed by atoms with van der Waals surface area (Å²) in [6, 6.07) is 3.78. The molecular formula is C12H11FN2O2S. The van der Waals surface area contributed by atoms with Gasteiger partial charge >= 0.3 is 0 Å². The lowest BCUT2D eigenvalue weighted by atomic mass is 10.1. The van der Waals surface area contributed by atoms with E-state index in [-0.39, 0.29) is 17.9 Å². The van der Waals surface area contributed by atoms with Crippen LogP contribution in [0.3, 0.4) is 0 Å². The number of hydrogen-bond donors (Lipinski definition) is 1. The highest BCUT2D eigenvalue weighted by atomic mass is 32.1. The zero-order chi connectivity index (χ0) is 13.1. The SMILES string of the molecule is CN(Cc1cscn1)C(=O)c1c(O)cccc1F. The molecule has 6 heteroatoms. The van der Waals surface area contributed by atoms with E-state index < -0.39 is 11.7 Å². The summed E-state index contributed by atoms with van der Waals surface area (Å²) in [5.74, 6) is -1.66. The van der Waals surface area contributed by atoms with Gasteiger partial charge in [-0.25, -0.2) is 9.37 Å². The number of phenolic OH excluding ortho intramolecular Hbond substituents is 1. The topological polar surface area (TPSA) is 53.4 Å². The van der Waals surface area contributed by atoms with Gasteiger partial charge in [0.2, 0.25) is 0 Å². The highest BCUT2D eigenvalue weighted by molar-refractivity contribution is 7.07. The number of thiazole rings is 1. The summed E-state index contributed by atoms with van der Waals surface area (Å²) >= 11 is 1.42. The number of carbonyl (C=O) groups excluding carboxylic acids is 1. The molecule has 1 aromatic heterocycles. The molecule has 1 N–H and O–H groups in total. The van der Waals surface area contributed by atoms with Gasteiger partial charge in [0.15, 0.2) is 0 Å². The number of benzene rings is 1. The van der Waals surface area contributed by atoms with Crippen LogP contribution in [0.25, 0.3) is 0 Å². The van der Waals surface area contributed by atoms with Crippen molar-refractivity contribution >= 4 is 17.2 Å². The van der Waals surface area contributed by atoms with E-state index in [1.54, 1.807) is 5.51 Å². The largest absolute Gasteiger partial charge is 0.507 e. The molecule has 0 saturated carbocycles. The molecule has 18 heavy (non-hydrogen) atoms. The summed E-state index contributed by atoms with van der Waals surface area (Å²) in [7, 11) is 1.54. The van der Waals surface area contributed by atoms with Gasteiger partial charge in [-0.2, -0.15) is 0 Å². The van der Waals surface area contributed by atoms with Crippen LogP contribution in [-0.4, -0.2) is 27.9 Å². The van der Waals surface area contributed by atoms with Gasteiger partial charge < -0.3 is 10.0 Å². The lowest BCUT2D eigenvalue weighted by Gasteiger charge is -2.16. The Balaban J connectivity index is 2.21. The van der Waals surface area contributed by atoms with Crippen molar-refractivity contribution in [3.8, 4) is 5.75 Å². The fraction of sp³-hybridized carbons (Fsp3) is 0.167. The smallest absolute Gasteiger partial charge is 0.260 e. The second kappa shape index (κ2) is 5.14. The van der Waals surface area contributed by atoms with Crippen LogP contribution in [0.2, 0.25) is 0 Å². The lowest BCUT2D eigenvalue weighted by Crippen LogP contribution is -2.27. The fourth-order valence-electron chi connectivity index (χ4n) is 1.55. The van der Waals surface area contributed by atoms with Crippen LogP contribution < -0.4 is 0 Å². The summed E-state index contributed by atoms with van der Waals surface area (Å²) in [5, 5.41) is 11.3. The second-order valence-electron chi connectivity index (χ2n) is 3.77. The van der Waals surface area contributed by atoms with Crippen LogP contribution in [0.5, 0.6) is 5.75 Å². The molecule has 0 aliphatic heterocycles. The molecule has 0 fully saturated rings. The van der Waals surface area contributed by atoms with E-state index in [9.17, 15) is 14.3 Å². The van der Waals surface area contributed by atoms with Crippen molar-refractivity contribution in [1.29, 1.82) is 0 Å². The van der Waals surface area contributed by atoms with Crippen LogP contribution in [0.15, 0.2) is 29.1 Å². The second-order valence-corrected chi connectivity index (χ2v) is 4.49. The Labute approximate surface area is 107 Å². The van der Waals surface area contributed by atoms with Crippen molar-refractivity contribution in [3.05, 3.63) is 46.2 Å². The minimum absolute atomic E-state index is 0.274. The summed E-state index contributed by atoms with van der Waals surface area (Å²) in [6.07, 6.45) is 0. The Bertz CT molecular complexity index is 537. The molecule has 0 radical (unpaired) electrons. The molecule has 94 valence electrons. The summed E-state index contributed by atoms with van der Waals surface area (Å²) in [4.78, 5) is 17.4. The first-order valence-corrected chi connectivity index (χ1v) is 6.14. The first-order valence-electron chi connectivity index (χ1n) is 5.19. The third kappa shape index (κ3) is 2.48. The van der Waals surface area contributed by atoms with Crippen LogP contribution in [-0.2, 0) is 6.54 Å². The van der Waals surface area contributed by atoms with Crippen molar-refractivity contribution in [3.63, 3.8) is 0 Å². The molecule has 0 atom stereocenters. The quantitative estimate of drug-likeness (QED) is 0.927. The number of aromatic nitrogens is 1. The predicted octanol–water partition coefficient (Wildman–Crippen LogP) is 2.26. The number of carbonyl (C=O) groups is 1. The van der Waals surface area contributed by atoms with Gasteiger partial charge in [-0.05, 0) is 12.1 Å². The Morgan fingerprint density at radius 1 is 1.56 bits per heavy atom. The molecule has 4 nitrogen and oxygen atoms in total. The van der Waals surface area contributed by atoms with E-state index in [1.807, 2.05) is 5.38 Å². The average molecular weight is 266 g/mol. The third-order valence-corrected chi connectivity index (χ3v) is 3.07. The first kappa shape index (κ1) is 12.5. The van der Waals surface area contributed by atoms with Crippen molar-refractivity contribution in [2.75, 3.05) is 7.05 Å².